The second-order valence-corrected chi connectivity index (χ2v) is 10.7. The number of cyclic esters (lactones) is 1. The molecule has 2 heterocycles. The first-order chi connectivity index (χ1) is 18.3. The maximum absolute atomic E-state index is 12.9. The summed E-state index contributed by atoms with van der Waals surface area (Å²) in [7, 11) is 0. The lowest BCUT2D eigenvalue weighted by Crippen LogP contribution is -2.39. The van der Waals surface area contributed by atoms with Gasteiger partial charge in [-0.3, -0.25) is 10.1 Å². The van der Waals surface area contributed by atoms with Crippen LogP contribution in [0.1, 0.15) is 51.5 Å². The van der Waals surface area contributed by atoms with Gasteiger partial charge in [0, 0.05) is 29.1 Å². The SMILES string of the molecule is CC(C)(N)c1ccc(-c2nnc(NC(=O)C[C@H]3CC[C@H](N4CCOC4=O)CC3)nc2-c2ccccc2)cc1. The summed E-state index contributed by atoms with van der Waals surface area (Å²) < 4.78 is 5.07. The smallest absolute Gasteiger partial charge is 0.410 e. The van der Waals surface area contributed by atoms with Crippen molar-refractivity contribution in [2.24, 2.45) is 11.7 Å². The fourth-order valence-corrected chi connectivity index (χ4v) is 5.26. The van der Waals surface area contributed by atoms with Gasteiger partial charge >= 0.3 is 6.09 Å². The van der Waals surface area contributed by atoms with Crippen molar-refractivity contribution in [1.82, 2.24) is 20.1 Å². The molecule has 2 fully saturated rings. The molecule has 38 heavy (non-hydrogen) atoms. The van der Waals surface area contributed by atoms with E-state index in [1.165, 1.54) is 0 Å². The van der Waals surface area contributed by atoms with E-state index in [2.05, 4.69) is 15.5 Å². The molecule has 0 atom stereocenters. The molecule has 0 unspecified atom stereocenters. The maximum Gasteiger partial charge on any atom is 0.410 e. The summed E-state index contributed by atoms with van der Waals surface area (Å²) in [5, 5.41) is 11.6. The molecule has 1 aliphatic carbocycles. The number of hydrogen-bond donors (Lipinski definition) is 2. The molecule has 9 nitrogen and oxygen atoms in total. The molecule has 0 bridgehead atoms. The van der Waals surface area contributed by atoms with Gasteiger partial charge in [0.1, 0.15) is 18.0 Å². The fraction of sp³-hybridized carbons (Fsp3) is 0.414. The van der Waals surface area contributed by atoms with Crippen molar-refractivity contribution >= 4 is 17.9 Å². The van der Waals surface area contributed by atoms with Gasteiger partial charge in [-0.15, -0.1) is 10.2 Å². The van der Waals surface area contributed by atoms with E-state index in [0.717, 1.165) is 42.4 Å². The number of rotatable bonds is 7. The van der Waals surface area contributed by atoms with E-state index in [4.69, 9.17) is 15.5 Å². The minimum Gasteiger partial charge on any atom is -0.448 e. The number of anilines is 1. The Bertz CT molecular complexity index is 1280. The zero-order chi connectivity index (χ0) is 26.7. The monoisotopic (exact) mass is 514 g/mol. The summed E-state index contributed by atoms with van der Waals surface area (Å²) in [4.78, 5) is 31.3. The van der Waals surface area contributed by atoms with Crippen LogP contribution in [0.15, 0.2) is 54.6 Å². The van der Waals surface area contributed by atoms with Gasteiger partial charge in [0.15, 0.2) is 0 Å². The molecule has 3 aromatic rings. The zero-order valence-electron chi connectivity index (χ0n) is 21.9. The summed E-state index contributed by atoms with van der Waals surface area (Å²) in [5.41, 5.74) is 9.84. The van der Waals surface area contributed by atoms with E-state index >= 15 is 0 Å². The third-order valence-electron chi connectivity index (χ3n) is 7.41. The predicted molar refractivity (Wildman–Crippen MR) is 145 cm³/mol. The topological polar surface area (TPSA) is 123 Å². The average Bonchev–Trinajstić information content (AvgIpc) is 3.35. The van der Waals surface area contributed by atoms with Crippen molar-refractivity contribution in [3.8, 4) is 22.5 Å². The Morgan fingerprint density at radius 3 is 2.32 bits per heavy atom. The van der Waals surface area contributed by atoms with Gasteiger partial charge in [-0.25, -0.2) is 9.78 Å². The largest absolute Gasteiger partial charge is 0.448 e. The van der Waals surface area contributed by atoms with Crippen molar-refractivity contribution in [2.75, 3.05) is 18.5 Å². The second kappa shape index (κ2) is 10.9. The Balaban J connectivity index is 1.28. The van der Waals surface area contributed by atoms with Gasteiger partial charge < -0.3 is 15.4 Å². The van der Waals surface area contributed by atoms with E-state index in [-0.39, 0.29) is 29.9 Å². The Morgan fingerprint density at radius 2 is 1.68 bits per heavy atom. The number of aromatic nitrogens is 3. The quantitative estimate of drug-likeness (QED) is 0.467. The lowest BCUT2D eigenvalue weighted by molar-refractivity contribution is -0.117. The number of ether oxygens (including phenoxy) is 1. The van der Waals surface area contributed by atoms with Crippen LogP contribution in [0.3, 0.4) is 0 Å². The third kappa shape index (κ3) is 5.83. The van der Waals surface area contributed by atoms with E-state index in [1.54, 1.807) is 0 Å². The van der Waals surface area contributed by atoms with Crippen LogP contribution in [-0.4, -0.2) is 51.3 Å². The van der Waals surface area contributed by atoms with Crippen molar-refractivity contribution in [3.63, 3.8) is 0 Å². The van der Waals surface area contributed by atoms with Gasteiger partial charge in [-0.1, -0.05) is 54.6 Å². The number of carbonyl (C=O) groups excluding carboxylic acids is 2. The molecule has 1 aliphatic heterocycles. The van der Waals surface area contributed by atoms with Gasteiger partial charge in [0.25, 0.3) is 0 Å². The Hall–Kier alpha value is -3.85. The van der Waals surface area contributed by atoms with Crippen LogP contribution in [0, 0.1) is 5.92 Å². The van der Waals surface area contributed by atoms with E-state index in [1.807, 2.05) is 73.3 Å². The van der Waals surface area contributed by atoms with Crippen LogP contribution in [0.2, 0.25) is 0 Å². The van der Waals surface area contributed by atoms with Crippen LogP contribution < -0.4 is 11.1 Å². The fourth-order valence-electron chi connectivity index (χ4n) is 5.26. The van der Waals surface area contributed by atoms with E-state index in [0.29, 0.717) is 31.0 Å². The predicted octanol–water partition coefficient (Wildman–Crippen LogP) is 4.74. The molecule has 2 aliphatic rings. The molecular weight excluding hydrogens is 480 g/mol. The van der Waals surface area contributed by atoms with Crippen LogP contribution in [0.5, 0.6) is 0 Å². The first-order valence-electron chi connectivity index (χ1n) is 13.2. The summed E-state index contributed by atoms with van der Waals surface area (Å²) in [6.45, 7) is 5.06. The molecule has 0 spiro atoms. The number of carbonyl (C=O) groups is 2. The van der Waals surface area contributed by atoms with Gasteiger partial charge in [-0.05, 0) is 51.0 Å². The van der Waals surface area contributed by atoms with Crippen LogP contribution in [0.25, 0.3) is 22.5 Å². The van der Waals surface area contributed by atoms with Crippen LogP contribution in [0.4, 0.5) is 10.7 Å². The number of hydrogen-bond acceptors (Lipinski definition) is 7. The molecule has 9 heteroatoms. The Labute approximate surface area is 222 Å². The van der Waals surface area contributed by atoms with Crippen molar-refractivity contribution in [1.29, 1.82) is 0 Å². The molecule has 1 aromatic heterocycles. The molecule has 3 N–H and O–H groups in total. The normalized spacial score (nSPS) is 19.8. The summed E-state index contributed by atoms with van der Waals surface area (Å²) in [6, 6.07) is 17.9. The Morgan fingerprint density at radius 1 is 1.00 bits per heavy atom. The van der Waals surface area contributed by atoms with Crippen molar-refractivity contribution < 1.29 is 14.3 Å². The lowest BCUT2D eigenvalue weighted by atomic mass is 9.83. The molecule has 198 valence electrons. The highest BCUT2D eigenvalue weighted by Crippen LogP contribution is 2.32. The zero-order valence-corrected chi connectivity index (χ0v) is 21.9. The summed E-state index contributed by atoms with van der Waals surface area (Å²) >= 11 is 0. The third-order valence-corrected chi connectivity index (χ3v) is 7.41. The molecule has 1 saturated carbocycles. The molecule has 5 rings (SSSR count). The van der Waals surface area contributed by atoms with E-state index in [9.17, 15) is 9.59 Å². The molecule has 2 aromatic carbocycles. The minimum absolute atomic E-state index is 0.128. The number of nitrogens with two attached hydrogens (primary N) is 1. The van der Waals surface area contributed by atoms with Crippen molar-refractivity contribution in [2.45, 2.75) is 57.5 Å². The highest BCUT2D eigenvalue weighted by molar-refractivity contribution is 5.89. The number of nitrogens with zero attached hydrogens (tertiary/aromatic N) is 4. The van der Waals surface area contributed by atoms with Gasteiger partial charge in [-0.2, -0.15) is 0 Å². The van der Waals surface area contributed by atoms with Crippen LogP contribution in [-0.2, 0) is 15.1 Å². The van der Waals surface area contributed by atoms with Gasteiger partial charge in [0.2, 0.25) is 11.9 Å². The van der Waals surface area contributed by atoms with E-state index < -0.39 is 5.54 Å². The highest BCUT2D eigenvalue weighted by Gasteiger charge is 2.33. The van der Waals surface area contributed by atoms with Crippen molar-refractivity contribution in [3.05, 3.63) is 60.2 Å². The average molecular weight is 515 g/mol. The number of nitrogens with one attached hydrogen (secondary N) is 1. The number of benzene rings is 2. The first-order valence-corrected chi connectivity index (χ1v) is 13.2. The summed E-state index contributed by atoms with van der Waals surface area (Å²) in [5.74, 6) is 0.318. The highest BCUT2D eigenvalue weighted by atomic mass is 16.6. The first kappa shape index (κ1) is 25.8. The lowest BCUT2D eigenvalue weighted by Gasteiger charge is -2.32. The molecule has 0 radical (unpaired) electrons. The molecule has 1 saturated heterocycles. The number of amides is 2. The van der Waals surface area contributed by atoms with Gasteiger partial charge in [0.05, 0.1) is 6.54 Å². The van der Waals surface area contributed by atoms with Crippen LogP contribution >= 0.6 is 0 Å². The Kier molecular flexibility index (Phi) is 7.37. The molecule has 2 amide bonds. The molecular formula is C29H34N6O3. The maximum atomic E-state index is 12.9. The summed E-state index contributed by atoms with van der Waals surface area (Å²) in [6.07, 6.45) is 3.73. The minimum atomic E-state index is -0.446. The second-order valence-electron chi connectivity index (χ2n) is 10.7. The standard InChI is InChI=1S/C29H34N6O3/c1-29(2,30)22-12-10-21(11-13-22)26-25(20-6-4-3-5-7-20)32-27(34-33-26)31-24(36)18-19-8-14-23(15-9-19)35-16-17-38-28(35)37/h3-7,10-13,19,23H,8-9,14-18,30H2,1-2H3,(H,31,32,34,36)/t19-,23-.